The zero-order chi connectivity index (χ0) is 15.2. The Labute approximate surface area is 124 Å². The summed E-state index contributed by atoms with van der Waals surface area (Å²) in [5, 5.41) is 9.28. The Balaban J connectivity index is 2.26. The summed E-state index contributed by atoms with van der Waals surface area (Å²) < 4.78 is 0. The lowest BCUT2D eigenvalue weighted by atomic mass is 10.0. The molecule has 0 saturated heterocycles. The Morgan fingerprint density at radius 3 is 2.62 bits per heavy atom. The average Bonchev–Trinajstić information content (AvgIpc) is 2.52. The van der Waals surface area contributed by atoms with Crippen LogP contribution < -0.4 is 0 Å². The van der Waals surface area contributed by atoms with Crippen molar-refractivity contribution in [2.75, 3.05) is 13.7 Å². The van der Waals surface area contributed by atoms with Crippen molar-refractivity contribution < 1.29 is 9.90 Å². The first-order valence-corrected chi connectivity index (χ1v) is 6.85. The monoisotopic (exact) mass is 285 g/mol. The van der Waals surface area contributed by atoms with Crippen molar-refractivity contribution in [2.24, 2.45) is 0 Å². The maximum Gasteiger partial charge on any atom is 0.272 e. The highest BCUT2D eigenvalue weighted by Gasteiger charge is 2.23. The maximum atomic E-state index is 12.5. The summed E-state index contributed by atoms with van der Waals surface area (Å²) in [6.07, 6.45) is 1.87. The topological polar surface area (TPSA) is 66.3 Å². The minimum atomic E-state index is -0.182. The van der Waals surface area contributed by atoms with Gasteiger partial charge in [0.1, 0.15) is 12.0 Å². The molecular formula is C16H19N3O2. The highest BCUT2D eigenvalue weighted by molar-refractivity contribution is 5.92. The third-order valence-corrected chi connectivity index (χ3v) is 3.40. The van der Waals surface area contributed by atoms with E-state index in [1.54, 1.807) is 18.0 Å². The molecule has 5 nitrogen and oxygen atoms in total. The summed E-state index contributed by atoms with van der Waals surface area (Å²) in [6.45, 7) is 1.83. The van der Waals surface area contributed by atoms with Crippen molar-refractivity contribution in [1.29, 1.82) is 0 Å². The van der Waals surface area contributed by atoms with Crippen LogP contribution in [0.15, 0.2) is 42.7 Å². The van der Waals surface area contributed by atoms with Crippen LogP contribution >= 0.6 is 0 Å². The summed E-state index contributed by atoms with van der Waals surface area (Å²) in [6, 6.07) is 11.2. The lowest BCUT2D eigenvalue weighted by Crippen LogP contribution is -2.32. The number of carbonyl (C=O) groups is 1. The molecule has 0 saturated carbocycles. The molecule has 0 aliphatic heterocycles. The number of hydrogen-bond donors (Lipinski definition) is 1. The van der Waals surface area contributed by atoms with E-state index in [4.69, 9.17) is 0 Å². The van der Waals surface area contributed by atoms with E-state index in [9.17, 15) is 9.90 Å². The third kappa shape index (κ3) is 3.64. The molecule has 0 radical (unpaired) electrons. The smallest absolute Gasteiger partial charge is 0.272 e. The van der Waals surface area contributed by atoms with Crippen molar-refractivity contribution >= 4 is 5.91 Å². The van der Waals surface area contributed by atoms with E-state index in [-0.39, 0.29) is 18.6 Å². The van der Waals surface area contributed by atoms with Crippen molar-refractivity contribution in [3.63, 3.8) is 0 Å². The van der Waals surface area contributed by atoms with Gasteiger partial charge in [-0.15, -0.1) is 0 Å². The van der Waals surface area contributed by atoms with Crippen LogP contribution in [0.25, 0.3) is 0 Å². The molecule has 1 N–H and O–H groups in total. The molecule has 2 rings (SSSR count). The second-order valence-corrected chi connectivity index (χ2v) is 4.90. The molecule has 1 aromatic carbocycles. The van der Waals surface area contributed by atoms with Crippen molar-refractivity contribution in [2.45, 2.75) is 19.4 Å². The number of benzene rings is 1. The molecule has 21 heavy (non-hydrogen) atoms. The predicted octanol–water partition coefficient (Wildman–Crippen LogP) is 1.98. The van der Waals surface area contributed by atoms with Crippen molar-refractivity contribution in [1.82, 2.24) is 14.9 Å². The Bertz CT molecular complexity index is 601. The number of aliphatic hydroxyl groups is 1. The van der Waals surface area contributed by atoms with Gasteiger partial charge < -0.3 is 10.0 Å². The SMILES string of the molecule is Cc1cc(C(=O)N(C)C(CCO)c2ccccc2)ncn1. The molecule has 5 heteroatoms. The number of aliphatic hydroxyl groups excluding tert-OH is 1. The zero-order valence-corrected chi connectivity index (χ0v) is 12.2. The first kappa shape index (κ1) is 15.1. The predicted molar refractivity (Wildman–Crippen MR) is 79.7 cm³/mol. The number of hydrogen-bond acceptors (Lipinski definition) is 4. The Hall–Kier alpha value is -2.27. The van der Waals surface area contributed by atoms with Crippen LogP contribution in [0.3, 0.4) is 0 Å². The van der Waals surface area contributed by atoms with E-state index in [2.05, 4.69) is 9.97 Å². The number of nitrogens with zero attached hydrogens (tertiary/aromatic N) is 3. The van der Waals surface area contributed by atoms with Gasteiger partial charge in [0.15, 0.2) is 0 Å². The molecule has 0 fully saturated rings. The lowest BCUT2D eigenvalue weighted by Gasteiger charge is -2.28. The van der Waals surface area contributed by atoms with Crippen LogP contribution in [0.1, 0.15) is 34.2 Å². The standard InChI is InChI=1S/C16H19N3O2/c1-12-10-14(18-11-17-12)16(21)19(2)15(8-9-20)13-6-4-3-5-7-13/h3-7,10-11,15,20H,8-9H2,1-2H3. The molecule has 110 valence electrons. The molecule has 1 heterocycles. The van der Waals surface area contributed by atoms with Gasteiger partial charge in [0.2, 0.25) is 0 Å². The van der Waals surface area contributed by atoms with Gasteiger partial charge in [-0.05, 0) is 25.0 Å². The normalized spacial score (nSPS) is 12.0. The third-order valence-electron chi connectivity index (χ3n) is 3.40. The number of rotatable bonds is 5. The molecule has 1 amide bonds. The highest BCUT2D eigenvalue weighted by Crippen LogP contribution is 2.24. The van der Waals surface area contributed by atoms with Crippen LogP contribution in [0.2, 0.25) is 0 Å². The minimum Gasteiger partial charge on any atom is -0.396 e. The second kappa shape index (κ2) is 6.95. The Kier molecular flexibility index (Phi) is 5.00. The minimum absolute atomic E-state index is 0.0139. The summed E-state index contributed by atoms with van der Waals surface area (Å²) in [4.78, 5) is 22.2. The van der Waals surface area contributed by atoms with Crippen LogP contribution in [-0.2, 0) is 0 Å². The number of aryl methyl sites for hydroxylation is 1. The second-order valence-electron chi connectivity index (χ2n) is 4.90. The summed E-state index contributed by atoms with van der Waals surface area (Å²) in [5.41, 5.74) is 2.11. The molecule has 0 bridgehead atoms. The summed E-state index contributed by atoms with van der Waals surface area (Å²) >= 11 is 0. The van der Waals surface area contributed by atoms with Crippen LogP contribution in [0.5, 0.6) is 0 Å². The lowest BCUT2D eigenvalue weighted by molar-refractivity contribution is 0.0699. The van der Waals surface area contributed by atoms with Gasteiger partial charge in [-0.25, -0.2) is 9.97 Å². The summed E-state index contributed by atoms with van der Waals surface area (Å²) in [7, 11) is 1.73. The van der Waals surface area contributed by atoms with E-state index >= 15 is 0 Å². The van der Waals surface area contributed by atoms with Gasteiger partial charge in [-0.2, -0.15) is 0 Å². The molecule has 1 atom stereocenters. The Morgan fingerprint density at radius 2 is 2.00 bits per heavy atom. The molecule has 0 aliphatic rings. The van der Waals surface area contributed by atoms with Gasteiger partial charge in [0, 0.05) is 19.3 Å². The molecule has 2 aromatic rings. The van der Waals surface area contributed by atoms with Gasteiger partial charge in [-0.3, -0.25) is 4.79 Å². The van der Waals surface area contributed by atoms with Crippen LogP contribution in [0, 0.1) is 6.92 Å². The number of carbonyl (C=O) groups excluding carboxylic acids is 1. The quantitative estimate of drug-likeness (QED) is 0.912. The van der Waals surface area contributed by atoms with Crippen molar-refractivity contribution in [3.8, 4) is 0 Å². The van der Waals surface area contributed by atoms with Gasteiger partial charge in [0.05, 0.1) is 6.04 Å². The molecule has 1 unspecified atom stereocenters. The fourth-order valence-electron chi connectivity index (χ4n) is 2.28. The zero-order valence-electron chi connectivity index (χ0n) is 12.2. The van der Waals surface area contributed by atoms with Crippen LogP contribution in [-0.4, -0.2) is 39.5 Å². The number of aromatic nitrogens is 2. The first-order chi connectivity index (χ1) is 10.1. The van der Waals surface area contributed by atoms with Crippen molar-refractivity contribution in [3.05, 3.63) is 59.7 Å². The van der Waals surface area contributed by atoms with Gasteiger partial charge in [-0.1, -0.05) is 30.3 Å². The van der Waals surface area contributed by atoms with E-state index in [1.165, 1.54) is 6.33 Å². The maximum absolute atomic E-state index is 12.5. The van der Waals surface area contributed by atoms with E-state index < -0.39 is 0 Å². The van der Waals surface area contributed by atoms with E-state index in [0.29, 0.717) is 12.1 Å². The van der Waals surface area contributed by atoms with Gasteiger partial charge in [0.25, 0.3) is 5.91 Å². The molecule has 0 aliphatic carbocycles. The molecule has 0 spiro atoms. The van der Waals surface area contributed by atoms with E-state index in [1.807, 2.05) is 37.3 Å². The van der Waals surface area contributed by atoms with Gasteiger partial charge >= 0.3 is 0 Å². The highest BCUT2D eigenvalue weighted by atomic mass is 16.3. The Morgan fingerprint density at radius 1 is 1.29 bits per heavy atom. The largest absolute Gasteiger partial charge is 0.396 e. The average molecular weight is 285 g/mol. The molecular weight excluding hydrogens is 266 g/mol. The fraction of sp³-hybridized carbons (Fsp3) is 0.312. The first-order valence-electron chi connectivity index (χ1n) is 6.85. The fourth-order valence-corrected chi connectivity index (χ4v) is 2.28. The van der Waals surface area contributed by atoms with E-state index in [0.717, 1.165) is 11.3 Å². The number of amides is 1. The molecule has 1 aromatic heterocycles. The van der Waals surface area contributed by atoms with Crippen LogP contribution in [0.4, 0.5) is 0 Å². The summed E-state index contributed by atoms with van der Waals surface area (Å²) in [5.74, 6) is -0.178.